The Morgan fingerprint density at radius 3 is 2.50 bits per heavy atom. The van der Waals surface area contributed by atoms with E-state index in [1.165, 1.54) is 5.56 Å². The van der Waals surface area contributed by atoms with Gasteiger partial charge in [-0.3, -0.25) is 0 Å². The molecule has 26 heavy (non-hydrogen) atoms. The molecule has 0 aliphatic rings. The molecular weight excluding hydrogens is 394 g/mol. The van der Waals surface area contributed by atoms with Crippen LogP contribution < -0.4 is 14.8 Å². The van der Waals surface area contributed by atoms with E-state index in [-0.39, 0.29) is 0 Å². The fourth-order valence-corrected chi connectivity index (χ4v) is 3.14. The van der Waals surface area contributed by atoms with Crippen molar-refractivity contribution in [1.82, 2.24) is 5.32 Å². The van der Waals surface area contributed by atoms with Crippen LogP contribution in [-0.4, -0.2) is 26.9 Å². The van der Waals surface area contributed by atoms with E-state index >= 15 is 0 Å². The van der Waals surface area contributed by atoms with Gasteiger partial charge in [-0.05, 0) is 66.0 Å². The molecule has 0 saturated carbocycles. The lowest BCUT2D eigenvalue weighted by atomic mass is 10.1. The number of aryl methyl sites for hydroxylation is 1. The summed E-state index contributed by atoms with van der Waals surface area (Å²) in [6.45, 7) is 7.63. The summed E-state index contributed by atoms with van der Waals surface area (Å²) >= 11 is 3.63. The third-order valence-corrected chi connectivity index (χ3v) is 4.49. The Hall–Kier alpha value is -1.56. The molecule has 142 valence electrons. The average molecular weight is 422 g/mol. The number of ether oxygens (including phenoxy) is 3. The van der Waals surface area contributed by atoms with Crippen molar-refractivity contribution in [2.24, 2.45) is 0 Å². The van der Waals surface area contributed by atoms with Crippen LogP contribution in [0.4, 0.5) is 0 Å². The first kappa shape index (κ1) is 20.7. The smallest absolute Gasteiger partial charge is 0.175 e. The second-order valence-corrected chi connectivity index (χ2v) is 6.99. The molecule has 0 amide bonds. The summed E-state index contributed by atoms with van der Waals surface area (Å²) in [6.07, 6.45) is 0.994. The summed E-state index contributed by atoms with van der Waals surface area (Å²) in [5, 5.41) is 3.42. The highest BCUT2D eigenvalue weighted by molar-refractivity contribution is 9.10. The van der Waals surface area contributed by atoms with Crippen LogP contribution in [0.3, 0.4) is 0 Å². The predicted octanol–water partition coefficient (Wildman–Crippen LogP) is 4.86. The molecule has 2 aromatic carbocycles. The molecular formula is C21H28BrNO3. The van der Waals surface area contributed by atoms with E-state index in [1.54, 1.807) is 7.11 Å². The number of hydrogen-bond donors (Lipinski definition) is 1. The van der Waals surface area contributed by atoms with E-state index < -0.39 is 0 Å². The normalized spacial score (nSPS) is 10.8. The van der Waals surface area contributed by atoms with E-state index in [4.69, 9.17) is 14.2 Å². The van der Waals surface area contributed by atoms with Crippen LogP contribution in [0, 0.1) is 6.92 Å². The zero-order valence-electron chi connectivity index (χ0n) is 15.8. The van der Waals surface area contributed by atoms with Crippen molar-refractivity contribution in [3.05, 3.63) is 57.6 Å². The molecule has 0 aliphatic carbocycles. The predicted molar refractivity (Wildman–Crippen MR) is 109 cm³/mol. The van der Waals surface area contributed by atoms with Gasteiger partial charge in [0.1, 0.15) is 6.61 Å². The molecule has 0 radical (unpaired) electrons. The van der Waals surface area contributed by atoms with Crippen molar-refractivity contribution in [2.45, 2.75) is 33.4 Å². The van der Waals surface area contributed by atoms with E-state index in [1.807, 2.05) is 13.0 Å². The average Bonchev–Trinajstić information content (AvgIpc) is 2.62. The van der Waals surface area contributed by atoms with Gasteiger partial charge >= 0.3 is 0 Å². The molecule has 0 atom stereocenters. The summed E-state index contributed by atoms with van der Waals surface area (Å²) in [5.74, 6) is 1.51. The molecule has 0 aliphatic heterocycles. The Bertz CT molecular complexity index is 674. The quantitative estimate of drug-likeness (QED) is 0.525. The summed E-state index contributed by atoms with van der Waals surface area (Å²) in [4.78, 5) is 0. The molecule has 4 nitrogen and oxygen atoms in total. The Morgan fingerprint density at radius 1 is 1.04 bits per heavy atom. The van der Waals surface area contributed by atoms with Crippen LogP contribution in [0.25, 0.3) is 0 Å². The van der Waals surface area contributed by atoms with Crippen LogP contribution in [0.5, 0.6) is 11.5 Å². The van der Waals surface area contributed by atoms with Crippen molar-refractivity contribution in [3.8, 4) is 11.5 Å². The second kappa shape index (κ2) is 11.2. The van der Waals surface area contributed by atoms with Crippen molar-refractivity contribution in [3.63, 3.8) is 0 Å². The van der Waals surface area contributed by atoms with Gasteiger partial charge in [0, 0.05) is 20.3 Å². The lowest BCUT2D eigenvalue weighted by molar-refractivity contribution is 0.194. The topological polar surface area (TPSA) is 39.7 Å². The van der Waals surface area contributed by atoms with Crippen LogP contribution in [0.1, 0.15) is 30.0 Å². The molecule has 0 unspecified atom stereocenters. The Morgan fingerprint density at radius 2 is 1.81 bits per heavy atom. The van der Waals surface area contributed by atoms with E-state index in [0.29, 0.717) is 13.2 Å². The van der Waals surface area contributed by atoms with Gasteiger partial charge in [0.2, 0.25) is 0 Å². The minimum absolute atomic E-state index is 0.508. The number of nitrogens with one attached hydrogen (secondary N) is 1. The zero-order valence-corrected chi connectivity index (χ0v) is 17.4. The highest BCUT2D eigenvalue weighted by atomic mass is 79.9. The standard InChI is InChI=1S/C21H28BrNO3/c1-4-25-20-13-18(14-23-10-5-11-24-3)12-19(22)21(20)26-15-17-8-6-16(2)7-9-17/h6-9,12-13,23H,4-5,10-11,14-15H2,1-3H3. The molecule has 0 heterocycles. The van der Waals surface area contributed by atoms with E-state index in [2.05, 4.69) is 58.5 Å². The van der Waals surface area contributed by atoms with Crippen molar-refractivity contribution in [1.29, 1.82) is 0 Å². The van der Waals surface area contributed by atoms with Crippen molar-refractivity contribution < 1.29 is 14.2 Å². The number of halogens is 1. The third kappa shape index (κ3) is 6.63. The lowest BCUT2D eigenvalue weighted by Crippen LogP contribution is -2.16. The first-order chi connectivity index (χ1) is 12.6. The van der Waals surface area contributed by atoms with Gasteiger partial charge in [-0.25, -0.2) is 0 Å². The Balaban J connectivity index is 2.03. The van der Waals surface area contributed by atoms with Crippen LogP contribution >= 0.6 is 15.9 Å². The molecule has 0 fully saturated rings. The summed E-state index contributed by atoms with van der Waals surface area (Å²) in [7, 11) is 1.72. The lowest BCUT2D eigenvalue weighted by Gasteiger charge is -2.16. The molecule has 2 rings (SSSR count). The Kier molecular flexibility index (Phi) is 8.95. The zero-order chi connectivity index (χ0) is 18.8. The van der Waals surface area contributed by atoms with Crippen molar-refractivity contribution in [2.75, 3.05) is 26.9 Å². The van der Waals surface area contributed by atoms with Gasteiger partial charge in [0.15, 0.2) is 11.5 Å². The van der Waals surface area contributed by atoms with Gasteiger partial charge in [-0.1, -0.05) is 29.8 Å². The maximum absolute atomic E-state index is 6.05. The maximum atomic E-state index is 6.05. The van der Waals surface area contributed by atoms with Crippen LogP contribution in [0.15, 0.2) is 40.9 Å². The minimum Gasteiger partial charge on any atom is -0.490 e. The minimum atomic E-state index is 0.508. The third-order valence-electron chi connectivity index (χ3n) is 3.90. The van der Waals surface area contributed by atoms with Gasteiger partial charge in [0.05, 0.1) is 11.1 Å². The number of hydrogen-bond acceptors (Lipinski definition) is 4. The summed E-state index contributed by atoms with van der Waals surface area (Å²) < 4.78 is 17.8. The fraction of sp³-hybridized carbons (Fsp3) is 0.429. The monoisotopic (exact) mass is 421 g/mol. The van der Waals surface area contributed by atoms with E-state index in [9.17, 15) is 0 Å². The largest absolute Gasteiger partial charge is 0.490 e. The molecule has 0 aromatic heterocycles. The first-order valence-corrected chi connectivity index (χ1v) is 9.76. The highest BCUT2D eigenvalue weighted by Gasteiger charge is 2.12. The molecule has 5 heteroatoms. The second-order valence-electron chi connectivity index (χ2n) is 6.14. The number of methoxy groups -OCH3 is 1. The van der Waals surface area contributed by atoms with Gasteiger partial charge in [-0.15, -0.1) is 0 Å². The fourth-order valence-electron chi connectivity index (χ4n) is 2.54. The first-order valence-electron chi connectivity index (χ1n) is 8.97. The van der Waals surface area contributed by atoms with Gasteiger partial charge in [0.25, 0.3) is 0 Å². The summed E-state index contributed by atoms with van der Waals surface area (Å²) in [5.41, 5.74) is 3.53. The van der Waals surface area contributed by atoms with Gasteiger partial charge < -0.3 is 19.5 Å². The number of benzene rings is 2. The Labute approximate surface area is 165 Å². The molecule has 0 saturated heterocycles. The molecule has 0 spiro atoms. The van der Waals surface area contributed by atoms with E-state index in [0.717, 1.165) is 53.2 Å². The van der Waals surface area contributed by atoms with Gasteiger partial charge in [-0.2, -0.15) is 0 Å². The summed E-state index contributed by atoms with van der Waals surface area (Å²) in [6, 6.07) is 12.5. The molecule has 0 bridgehead atoms. The van der Waals surface area contributed by atoms with Crippen LogP contribution in [-0.2, 0) is 17.9 Å². The van der Waals surface area contributed by atoms with Crippen LogP contribution in [0.2, 0.25) is 0 Å². The molecule has 1 N–H and O–H groups in total. The highest BCUT2D eigenvalue weighted by Crippen LogP contribution is 2.37. The number of rotatable bonds is 11. The van der Waals surface area contributed by atoms with Crippen molar-refractivity contribution >= 4 is 15.9 Å². The molecule has 2 aromatic rings. The SMILES string of the molecule is CCOc1cc(CNCCCOC)cc(Br)c1OCc1ccc(C)cc1. The maximum Gasteiger partial charge on any atom is 0.175 e.